The van der Waals surface area contributed by atoms with E-state index in [0.29, 0.717) is 31.2 Å². The van der Waals surface area contributed by atoms with Crippen molar-refractivity contribution in [2.24, 2.45) is 5.73 Å². The van der Waals surface area contributed by atoms with Crippen molar-refractivity contribution in [2.45, 2.75) is 6.10 Å². The molecule has 19 heavy (non-hydrogen) atoms. The number of hydrogen-bond donors (Lipinski definition) is 3. The van der Waals surface area contributed by atoms with Gasteiger partial charge in [0, 0.05) is 6.54 Å². The van der Waals surface area contributed by atoms with Crippen molar-refractivity contribution in [2.75, 3.05) is 24.6 Å². The number of hydrogen-bond acceptors (Lipinski definition) is 6. The van der Waals surface area contributed by atoms with Gasteiger partial charge in [-0.15, -0.1) is 5.10 Å². The summed E-state index contributed by atoms with van der Waals surface area (Å²) in [5, 5.41) is 17.8. The summed E-state index contributed by atoms with van der Waals surface area (Å²) in [7, 11) is 0. The minimum Gasteiger partial charge on any atom is -0.385 e. The first-order valence-electron chi connectivity index (χ1n) is 5.80. The third-order valence-electron chi connectivity index (χ3n) is 3.00. The van der Waals surface area contributed by atoms with Gasteiger partial charge < -0.3 is 15.4 Å². The Hall–Kier alpha value is -2.42. The van der Waals surface area contributed by atoms with Crippen LogP contribution in [-0.2, 0) is 4.74 Å². The Bertz CT molecular complexity index is 676. The lowest BCUT2D eigenvalue weighted by Crippen LogP contribution is -2.48. The van der Waals surface area contributed by atoms with E-state index in [2.05, 4.69) is 15.3 Å². The first kappa shape index (κ1) is 11.7. The maximum absolute atomic E-state index is 11.5. The van der Waals surface area contributed by atoms with Crippen LogP contribution >= 0.6 is 0 Å². The topological polar surface area (TPSA) is 125 Å². The third kappa shape index (κ3) is 2.03. The Morgan fingerprint density at radius 3 is 3.21 bits per heavy atom. The second-order valence-corrected chi connectivity index (χ2v) is 4.25. The minimum absolute atomic E-state index is 0.00810. The normalized spacial score (nSPS) is 19.8. The van der Waals surface area contributed by atoms with E-state index in [1.165, 1.54) is 4.52 Å². The molecule has 1 saturated heterocycles. The van der Waals surface area contributed by atoms with E-state index in [4.69, 9.17) is 15.9 Å². The molecule has 0 saturated carbocycles. The molecule has 2 aromatic rings. The molecule has 1 aliphatic rings. The van der Waals surface area contributed by atoms with E-state index in [-0.39, 0.29) is 11.5 Å². The van der Waals surface area contributed by atoms with Crippen LogP contribution in [0.3, 0.4) is 0 Å². The number of nitrogens with zero attached hydrogens (tertiary/aromatic N) is 4. The molecule has 0 radical (unpaired) electrons. The quantitative estimate of drug-likeness (QED) is 0.450. The minimum atomic E-state index is -0.438. The van der Waals surface area contributed by atoms with E-state index in [1.807, 2.05) is 4.90 Å². The molecule has 1 fully saturated rings. The number of nitrogens with two attached hydrogens (primary N) is 1. The fourth-order valence-electron chi connectivity index (χ4n) is 2.01. The van der Waals surface area contributed by atoms with Crippen molar-refractivity contribution in [3.05, 3.63) is 22.6 Å². The van der Waals surface area contributed by atoms with Crippen LogP contribution in [0.4, 0.5) is 5.82 Å². The standard InChI is InChI=1S/C10H13N7O2/c11-9(12)6-5-16(3-4-19-6)8-2-1-7-13-14-10(18)17(7)15-8/h1-2,6H,3-5H2,(H3,11,12)(H,14,18). The average molecular weight is 263 g/mol. The van der Waals surface area contributed by atoms with Gasteiger partial charge in [0.1, 0.15) is 17.8 Å². The number of fused-ring (bicyclic) bond motifs is 1. The molecular weight excluding hydrogens is 250 g/mol. The molecular formula is C10H13N7O2. The molecule has 0 bridgehead atoms. The molecule has 2 aromatic heterocycles. The second-order valence-electron chi connectivity index (χ2n) is 4.25. The molecule has 1 unspecified atom stereocenters. The third-order valence-corrected chi connectivity index (χ3v) is 3.00. The Kier molecular flexibility index (Phi) is 2.67. The van der Waals surface area contributed by atoms with Gasteiger partial charge in [-0.3, -0.25) is 5.41 Å². The highest BCUT2D eigenvalue weighted by Crippen LogP contribution is 2.14. The molecule has 3 heterocycles. The second kappa shape index (κ2) is 4.35. The van der Waals surface area contributed by atoms with Gasteiger partial charge >= 0.3 is 5.69 Å². The van der Waals surface area contributed by atoms with E-state index in [1.54, 1.807) is 12.1 Å². The van der Waals surface area contributed by atoms with Crippen molar-refractivity contribution >= 4 is 17.3 Å². The van der Waals surface area contributed by atoms with E-state index in [0.717, 1.165) is 0 Å². The summed E-state index contributed by atoms with van der Waals surface area (Å²) >= 11 is 0. The van der Waals surface area contributed by atoms with Gasteiger partial charge in [0.15, 0.2) is 5.65 Å². The Balaban J connectivity index is 1.92. The number of aromatic amines is 1. The Morgan fingerprint density at radius 2 is 2.42 bits per heavy atom. The summed E-state index contributed by atoms with van der Waals surface area (Å²) in [5.41, 5.74) is 5.53. The molecule has 3 rings (SSSR count). The number of anilines is 1. The zero-order chi connectivity index (χ0) is 13.4. The molecule has 0 aliphatic carbocycles. The number of nitrogens with one attached hydrogen (secondary N) is 2. The highest BCUT2D eigenvalue weighted by atomic mass is 16.5. The van der Waals surface area contributed by atoms with E-state index in [9.17, 15) is 4.79 Å². The highest BCUT2D eigenvalue weighted by molar-refractivity contribution is 5.82. The van der Waals surface area contributed by atoms with E-state index >= 15 is 0 Å². The summed E-state index contributed by atoms with van der Waals surface area (Å²) in [6.07, 6.45) is -0.438. The van der Waals surface area contributed by atoms with Crippen molar-refractivity contribution in [1.82, 2.24) is 19.8 Å². The lowest BCUT2D eigenvalue weighted by Gasteiger charge is -2.32. The summed E-state index contributed by atoms with van der Waals surface area (Å²) in [6.45, 7) is 1.54. The Labute approximate surface area is 107 Å². The van der Waals surface area contributed by atoms with Crippen LogP contribution in [0.5, 0.6) is 0 Å². The molecule has 100 valence electrons. The number of morpholine rings is 1. The highest BCUT2D eigenvalue weighted by Gasteiger charge is 2.24. The molecule has 1 aliphatic heterocycles. The van der Waals surface area contributed by atoms with Crippen molar-refractivity contribution in [3.8, 4) is 0 Å². The number of H-pyrrole nitrogens is 1. The van der Waals surface area contributed by atoms with Crippen molar-refractivity contribution < 1.29 is 4.74 Å². The Morgan fingerprint density at radius 1 is 1.58 bits per heavy atom. The van der Waals surface area contributed by atoms with Gasteiger partial charge in [-0.1, -0.05) is 0 Å². The molecule has 9 heteroatoms. The molecule has 4 N–H and O–H groups in total. The fourth-order valence-corrected chi connectivity index (χ4v) is 2.01. The van der Waals surface area contributed by atoms with Gasteiger partial charge in [-0.2, -0.15) is 9.61 Å². The molecule has 0 aromatic carbocycles. The van der Waals surface area contributed by atoms with Crippen LogP contribution in [0.1, 0.15) is 0 Å². The zero-order valence-electron chi connectivity index (χ0n) is 10.0. The summed E-state index contributed by atoms with van der Waals surface area (Å²) in [5.74, 6) is 0.622. The van der Waals surface area contributed by atoms with Gasteiger partial charge in [0.2, 0.25) is 0 Å². The van der Waals surface area contributed by atoms with Crippen molar-refractivity contribution in [1.29, 1.82) is 5.41 Å². The van der Waals surface area contributed by atoms with Crippen LogP contribution in [0, 0.1) is 5.41 Å². The number of rotatable bonds is 2. The lowest BCUT2D eigenvalue weighted by molar-refractivity contribution is 0.0822. The average Bonchev–Trinajstić information content (AvgIpc) is 2.80. The SMILES string of the molecule is N=C(N)C1CN(c2ccc3n[nH]c(=O)n3n2)CCO1. The van der Waals surface area contributed by atoms with Crippen LogP contribution in [0.25, 0.3) is 5.65 Å². The number of ether oxygens (including phenoxy) is 1. The number of aromatic nitrogens is 4. The predicted molar refractivity (Wildman–Crippen MR) is 67.5 cm³/mol. The van der Waals surface area contributed by atoms with Gasteiger partial charge in [-0.05, 0) is 12.1 Å². The first-order valence-corrected chi connectivity index (χ1v) is 5.80. The van der Waals surface area contributed by atoms with Crippen LogP contribution in [-0.4, -0.2) is 51.4 Å². The smallest absolute Gasteiger partial charge is 0.364 e. The maximum Gasteiger partial charge on any atom is 0.364 e. The first-order chi connectivity index (χ1) is 9.15. The molecule has 1 atom stereocenters. The van der Waals surface area contributed by atoms with E-state index < -0.39 is 6.10 Å². The number of amidine groups is 1. The molecule has 9 nitrogen and oxygen atoms in total. The summed E-state index contributed by atoms with van der Waals surface area (Å²) in [6, 6.07) is 3.48. The van der Waals surface area contributed by atoms with Gasteiger partial charge in [-0.25, -0.2) is 9.89 Å². The maximum atomic E-state index is 11.5. The van der Waals surface area contributed by atoms with Crippen LogP contribution in [0.2, 0.25) is 0 Å². The van der Waals surface area contributed by atoms with Crippen LogP contribution in [0.15, 0.2) is 16.9 Å². The van der Waals surface area contributed by atoms with Crippen LogP contribution < -0.4 is 16.3 Å². The largest absolute Gasteiger partial charge is 0.385 e. The van der Waals surface area contributed by atoms with Crippen molar-refractivity contribution in [3.63, 3.8) is 0 Å². The fraction of sp³-hybridized carbons (Fsp3) is 0.400. The van der Waals surface area contributed by atoms with Gasteiger partial charge in [0.25, 0.3) is 0 Å². The molecule has 0 spiro atoms. The monoisotopic (exact) mass is 263 g/mol. The summed E-state index contributed by atoms with van der Waals surface area (Å²) in [4.78, 5) is 13.4. The lowest BCUT2D eigenvalue weighted by atomic mass is 10.2. The summed E-state index contributed by atoms with van der Waals surface area (Å²) < 4.78 is 6.58. The predicted octanol–water partition coefficient (Wildman–Crippen LogP) is -1.44. The zero-order valence-corrected chi connectivity index (χ0v) is 10.0. The molecule has 0 amide bonds. The van der Waals surface area contributed by atoms with Gasteiger partial charge in [0.05, 0.1) is 13.2 Å².